The van der Waals surface area contributed by atoms with Crippen LogP contribution in [0.3, 0.4) is 0 Å². The molecule has 5 fully saturated rings. The van der Waals surface area contributed by atoms with Gasteiger partial charge in [-0.15, -0.1) is 0 Å². The molecule has 5 rings (SSSR count). The average Bonchev–Trinajstić information content (AvgIpc) is 3.13. The molecule has 0 aromatic carbocycles. The summed E-state index contributed by atoms with van der Waals surface area (Å²) in [6, 6.07) is 0. The lowest BCUT2D eigenvalue weighted by molar-refractivity contribution is -0.184. The summed E-state index contributed by atoms with van der Waals surface area (Å²) in [7, 11) is 0. The maximum Gasteiger partial charge on any atom is 0.188 e. The third kappa shape index (κ3) is 3.00. The molecule has 0 bridgehead atoms. The Labute approximate surface area is 187 Å². The van der Waals surface area contributed by atoms with Crippen LogP contribution in [0.1, 0.15) is 79.6 Å². The van der Waals surface area contributed by atoms with Gasteiger partial charge in [0, 0.05) is 23.7 Å². The second-order valence-electron chi connectivity index (χ2n) is 12.6. The molecule has 4 aliphatic carbocycles. The fourth-order valence-electron chi connectivity index (χ4n) is 9.08. The van der Waals surface area contributed by atoms with E-state index in [1.54, 1.807) is 0 Å². The molecular formula is C27H42O4. The van der Waals surface area contributed by atoms with E-state index in [1.807, 2.05) is 12.2 Å². The van der Waals surface area contributed by atoms with Crippen molar-refractivity contribution in [2.75, 3.05) is 0 Å². The molecule has 5 unspecified atom stereocenters. The number of ketones is 1. The highest BCUT2D eigenvalue weighted by atomic mass is 16.6. The summed E-state index contributed by atoms with van der Waals surface area (Å²) in [6.45, 7) is 10.9. The molecule has 4 nitrogen and oxygen atoms in total. The van der Waals surface area contributed by atoms with Crippen molar-refractivity contribution < 1.29 is 19.7 Å². The summed E-state index contributed by atoms with van der Waals surface area (Å²) in [5.74, 6) is 1.44. The Balaban J connectivity index is 1.45. The number of aliphatic hydroxyl groups excluding tert-OH is 1. The third-order valence-electron chi connectivity index (χ3n) is 10.8. The van der Waals surface area contributed by atoms with E-state index < -0.39 is 11.2 Å². The molecule has 0 aromatic rings. The summed E-state index contributed by atoms with van der Waals surface area (Å²) >= 11 is 0. The summed E-state index contributed by atoms with van der Waals surface area (Å²) in [6.07, 6.45) is 10.5. The predicted molar refractivity (Wildman–Crippen MR) is 120 cm³/mol. The number of hydrogen-bond donors (Lipinski definition) is 2. The lowest BCUT2D eigenvalue weighted by Crippen LogP contribution is -2.58. The Morgan fingerprint density at radius 2 is 1.87 bits per heavy atom. The van der Waals surface area contributed by atoms with Crippen molar-refractivity contribution in [3.05, 3.63) is 12.2 Å². The Hall–Kier alpha value is -0.710. The fraction of sp³-hybridized carbons (Fsp3) is 0.889. The molecule has 0 amide bonds. The molecule has 0 spiro atoms. The van der Waals surface area contributed by atoms with Crippen molar-refractivity contribution in [1.82, 2.24) is 0 Å². The number of hydrogen-bond acceptors (Lipinski definition) is 4. The van der Waals surface area contributed by atoms with E-state index in [9.17, 15) is 15.0 Å². The fourth-order valence-corrected chi connectivity index (χ4v) is 9.08. The van der Waals surface area contributed by atoms with Crippen LogP contribution >= 0.6 is 0 Å². The number of fused-ring (bicyclic) bond motifs is 7. The van der Waals surface area contributed by atoms with Crippen molar-refractivity contribution in [2.45, 2.75) is 97.6 Å². The number of carbonyl (C=O) groups is 1. The van der Waals surface area contributed by atoms with E-state index in [4.69, 9.17) is 4.74 Å². The summed E-state index contributed by atoms with van der Waals surface area (Å²) in [5, 5.41) is 21.6. The molecule has 0 aromatic heterocycles. The highest BCUT2D eigenvalue weighted by Crippen LogP contribution is 2.69. The summed E-state index contributed by atoms with van der Waals surface area (Å²) in [4.78, 5) is 13.9. The molecule has 1 heterocycles. The monoisotopic (exact) mass is 430 g/mol. The molecule has 0 radical (unpaired) electrons. The minimum Gasteiger partial charge on any atom is -0.393 e. The number of ether oxygens (including phenoxy) is 1. The molecule has 11 atom stereocenters. The summed E-state index contributed by atoms with van der Waals surface area (Å²) < 4.78 is 6.35. The zero-order valence-electron chi connectivity index (χ0n) is 20.0. The van der Waals surface area contributed by atoms with Gasteiger partial charge in [0.1, 0.15) is 5.78 Å². The Bertz CT molecular complexity index is 775. The van der Waals surface area contributed by atoms with Crippen LogP contribution in [-0.4, -0.2) is 34.0 Å². The molecule has 1 aliphatic heterocycles. The summed E-state index contributed by atoms with van der Waals surface area (Å²) in [5.41, 5.74) is -0.206. The SMILES string of the molecule is CC(C)/C=C/[C@@]1(O)OC2CC3C4CC[C@H]5C[C@@H](O)CC[C@]5(C)C4CC(=O)[C@]3(C)C2[C@@H]1C. The topological polar surface area (TPSA) is 66.8 Å². The van der Waals surface area contributed by atoms with Gasteiger partial charge in [-0.25, -0.2) is 0 Å². The number of rotatable bonds is 2. The Kier molecular flexibility index (Phi) is 5.09. The van der Waals surface area contributed by atoms with Gasteiger partial charge < -0.3 is 14.9 Å². The average molecular weight is 431 g/mol. The van der Waals surface area contributed by atoms with Crippen LogP contribution in [0, 0.1) is 52.3 Å². The molecule has 2 N–H and O–H groups in total. The van der Waals surface area contributed by atoms with Crippen molar-refractivity contribution in [2.24, 2.45) is 52.3 Å². The van der Waals surface area contributed by atoms with Crippen molar-refractivity contribution >= 4 is 5.78 Å². The molecule has 4 heteroatoms. The van der Waals surface area contributed by atoms with Crippen LogP contribution in [0.4, 0.5) is 0 Å². The minimum absolute atomic E-state index is 0.0341. The first-order valence-electron chi connectivity index (χ1n) is 12.8. The zero-order chi connectivity index (χ0) is 22.3. The molecule has 5 aliphatic rings. The van der Waals surface area contributed by atoms with E-state index in [0.29, 0.717) is 41.8 Å². The molecule has 4 saturated carbocycles. The maximum atomic E-state index is 13.9. The second-order valence-corrected chi connectivity index (χ2v) is 12.6. The first kappa shape index (κ1) is 22.1. The van der Waals surface area contributed by atoms with Gasteiger partial charge in [0.05, 0.1) is 12.2 Å². The van der Waals surface area contributed by atoms with Crippen molar-refractivity contribution in [3.8, 4) is 0 Å². The zero-order valence-corrected chi connectivity index (χ0v) is 20.0. The van der Waals surface area contributed by atoms with E-state index in [1.165, 1.54) is 12.8 Å². The Morgan fingerprint density at radius 1 is 1.13 bits per heavy atom. The lowest BCUT2D eigenvalue weighted by atomic mass is 9.44. The molecular weight excluding hydrogens is 388 g/mol. The second kappa shape index (κ2) is 7.14. The Morgan fingerprint density at radius 3 is 2.58 bits per heavy atom. The van der Waals surface area contributed by atoms with Gasteiger partial charge >= 0.3 is 0 Å². The van der Waals surface area contributed by atoms with E-state index in [-0.39, 0.29) is 29.5 Å². The number of carbonyl (C=O) groups excluding carboxylic acids is 1. The van der Waals surface area contributed by atoms with Crippen LogP contribution < -0.4 is 0 Å². The van der Waals surface area contributed by atoms with Gasteiger partial charge in [-0.3, -0.25) is 4.79 Å². The predicted octanol–water partition coefficient (Wildman–Crippen LogP) is 4.73. The van der Waals surface area contributed by atoms with Gasteiger partial charge in [0.2, 0.25) is 0 Å². The van der Waals surface area contributed by atoms with Gasteiger partial charge in [0.15, 0.2) is 5.79 Å². The highest BCUT2D eigenvalue weighted by molar-refractivity contribution is 5.87. The minimum atomic E-state index is -1.26. The van der Waals surface area contributed by atoms with Gasteiger partial charge in [-0.1, -0.05) is 40.7 Å². The highest BCUT2D eigenvalue weighted by Gasteiger charge is 2.70. The smallest absolute Gasteiger partial charge is 0.188 e. The van der Waals surface area contributed by atoms with Crippen LogP contribution in [0.2, 0.25) is 0 Å². The third-order valence-corrected chi connectivity index (χ3v) is 10.8. The first-order valence-corrected chi connectivity index (χ1v) is 12.8. The van der Waals surface area contributed by atoms with Crippen LogP contribution in [0.25, 0.3) is 0 Å². The normalized spacial score (nSPS) is 56.5. The first-order chi connectivity index (χ1) is 14.5. The number of Topliss-reactive ketones (excluding diaryl/α,β-unsaturated/α-hetero) is 1. The number of allylic oxidation sites excluding steroid dienone is 1. The quantitative estimate of drug-likeness (QED) is 0.622. The van der Waals surface area contributed by atoms with Crippen molar-refractivity contribution in [3.63, 3.8) is 0 Å². The lowest BCUT2D eigenvalue weighted by Gasteiger charge is -2.60. The molecule has 31 heavy (non-hydrogen) atoms. The molecule has 1 saturated heterocycles. The van der Waals surface area contributed by atoms with Crippen LogP contribution in [0.5, 0.6) is 0 Å². The maximum absolute atomic E-state index is 13.9. The van der Waals surface area contributed by atoms with E-state index in [0.717, 1.165) is 25.7 Å². The van der Waals surface area contributed by atoms with E-state index >= 15 is 0 Å². The van der Waals surface area contributed by atoms with Crippen LogP contribution in [0.15, 0.2) is 12.2 Å². The van der Waals surface area contributed by atoms with E-state index in [2.05, 4.69) is 34.6 Å². The largest absolute Gasteiger partial charge is 0.393 e. The van der Waals surface area contributed by atoms with Gasteiger partial charge in [0.25, 0.3) is 0 Å². The van der Waals surface area contributed by atoms with Crippen molar-refractivity contribution in [1.29, 1.82) is 0 Å². The van der Waals surface area contributed by atoms with Gasteiger partial charge in [-0.2, -0.15) is 0 Å². The number of aliphatic hydroxyl groups is 2. The standard InChI is InChI=1S/C27H42O4/c1-15(2)8-11-27(30)16(3)24-22(31-27)13-21-19-7-6-17-12-18(28)9-10-25(17,4)20(19)14-23(29)26(21,24)5/h8,11,15-22,24,28,30H,6-7,9-10,12-14H2,1-5H3/b11-8+/t16-,17-,18-,19?,20?,21?,22?,24?,25-,26+,27+/m0/s1. The molecule has 174 valence electrons. The van der Waals surface area contributed by atoms with Gasteiger partial charge in [-0.05, 0) is 79.6 Å². The van der Waals surface area contributed by atoms with Crippen LogP contribution in [-0.2, 0) is 9.53 Å².